The number of carbonyl (C=O) groups is 2. The molecule has 1 N–H and O–H groups in total. The van der Waals surface area contributed by atoms with Gasteiger partial charge in [0.1, 0.15) is 11.9 Å². The fourth-order valence-corrected chi connectivity index (χ4v) is 6.65. The van der Waals surface area contributed by atoms with E-state index < -0.39 is 6.10 Å². The zero-order valence-electron chi connectivity index (χ0n) is 18.0. The first-order chi connectivity index (χ1) is 13.9. The van der Waals surface area contributed by atoms with Crippen LogP contribution < -0.4 is 0 Å². The highest BCUT2D eigenvalue weighted by atomic mass is 32.2. The number of hydrogen-bond acceptors (Lipinski definition) is 6. The molecule has 3 aliphatic rings. The summed E-state index contributed by atoms with van der Waals surface area (Å²) >= 11 is 1.61. The average Bonchev–Trinajstić information content (AvgIpc) is 3.03. The van der Waals surface area contributed by atoms with Crippen molar-refractivity contribution in [2.45, 2.75) is 71.0 Å². The first-order valence-corrected chi connectivity index (χ1v) is 12.4. The van der Waals surface area contributed by atoms with Crippen molar-refractivity contribution < 1.29 is 19.4 Å². The molecular formula is C23H37NO4S. The van der Waals surface area contributed by atoms with Crippen molar-refractivity contribution in [3.05, 3.63) is 12.2 Å². The van der Waals surface area contributed by atoms with Gasteiger partial charge in [0.15, 0.2) is 0 Å². The number of thioether (sulfide) groups is 1. The number of esters is 1. The second kappa shape index (κ2) is 9.97. The van der Waals surface area contributed by atoms with Gasteiger partial charge in [0, 0.05) is 37.0 Å². The second-order valence-electron chi connectivity index (χ2n) is 9.05. The Morgan fingerprint density at radius 3 is 2.83 bits per heavy atom. The number of carbonyl (C=O) groups excluding carboxylic acids is 2. The van der Waals surface area contributed by atoms with Gasteiger partial charge < -0.3 is 14.7 Å². The molecule has 0 aromatic carbocycles. The zero-order valence-corrected chi connectivity index (χ0v) is 18.8. The third-order valence-corrected chi connectivity index (χ3v) is 8.39. The molecule has 3 rings (SSSR count). The maximum atomic E-state index is 12.8. The summed E-state index contributed by atoms with van der Waals surface area (Å²) in [6.07, 6.45) is 4.59. The molecule has 0 aliphatic heterocycles. The first-order valence-electron chi connectivity index (χ1n) is 11.3. The van der Waals surface area contributed by atoms with E-state index in [1.165, 1.54) is 0 Å². The van der Waals surface area contributed by atoms with Gasteiger partial charge in [-0.2, -0.15) is 0 Å². The van der Waals surface area contributed by atoms with E-state index in [0.717, 1.165) is 56.6 Å². The molecule has 3 aliphatic carbocycles. The third-order valence-electron chi connectivity index (χ3n) is 7.48. The van der Waals surface area contributed by atoms with Gasteiger partial charge in [-0.15, -0.1) is 11.8 Å². The molecule has 3 fully saturated rings. The summed E-state index contributed by atoms with van der Waals surface area (Å²) in [7, 11) is 0. The highest BCUT2D eigenvalue weighted by molar-refractivity contribution is 7.99. The normalized spacial score (nSPS) is 34.6. The molecular weight excluding hydrogens is 386 g/mol. The Balaban J connectivity index is 1.63. The summed E-state index contributed by atoms with van der Waals surface area (Å²) in [5.41, 5.74) is 0.632. The van der Waals surface area contributed by atoms with Crippen molar-refractivity contribution in [1.82, 2.24) is 4.90 Å². The Morgan fingerprint density at radius 1 is 1.34 bits per heavy atom. The summed E-state index contributed by atoms with van der Waals surface area (Å²) in [5.74, 6) is 1.36. The van der Waals surface area contributed by atoms with Crippen molar-refractivity contribution in [3.63, 3.8) is 0 Å². The lowest BCUT2D eigenvalue weighted by Crippen LogP contribution is -2.48. The molecule has 29 heavy (non-hydrogen) atoms. The van der Waals surface area contributed by atoms with E-state index in [9.17, 15) is 14.7 Å². The van der Waals surface area contributed by atoms with Crippen LogP contribution in [0.25, 0.3) is 0 Å². The van der Waals surface area contributed by atoms with Crippen LogP contribution >= 0.6 is 11.8 Å². The predicted octanol–water partition coefficient (Wildman–Crippen LogP) is 3.45. The summed E-state index contributed by atoms with van der Waals surface area (Å²) in [6.45, 7) is 11.4. The van der Waals surface area contributed by atoms with Crippen LogP contribution in [0.3, 0.4) is 0 Å². The Kier molecular flexibility index (Phi) is 7.85. The molecule has 0 amide bonds. The van der Waals surface area contributed by atoms with Crippen molar-refractivity contribution in [1.29, 1.82) is 0 Å². The molecule has 0 radical (unpaired) electrons. The molecule has 0 saturated heterocycles. The van der Waals surface area contributed by atoms with E-state index in [-0.39, 0.29) is 29.3 Å². The number of aliphatic hydroxyl groups excluding tert-OH is 1. The molecule has 0 aromatic heterocycles. The van der Waals surface area contributed by atoms with Crippen molar-refractivity contribution in [2.75, 3.05) is 31.1 Å². The number of ketones is 1. The Bertz CT molecular complexity index is 620. The zero-order chi connectivity index (χ0) is 21.0. The first kappa shape index (κ1) is 22.8. The molecule has 164 valence electrons. The van der Waals surface area contributed by atoms with E-state index in [4.69, 9.17) is 4.74 Å². The van der Waals surface area contributed by atoms with Crippen LogP contribution in [0, 0.1) is 17.3 Å². The molecule has 0 aromatic rings. The van der Waals surface area contributed by atoms with Gasteiger partial charge in [0.05, 0.1) is 11.9 Å². The van der Waals surface area contributed by atoms with Gasteiger partial charge >= 0.3 is 5.97 Å². The smallest absolute Gasteiger partial charge is 0.316 e. The van der Waals surface area contributed by atoms with E-state index in [1.807, 2.05) is 0 Å². The van der Waals surface area contributed by atoms with Gasteiger partial charge in [-0.25, -0.2) is 0 Å². The number of nitrogens with zero attached hydrogens (tertiary/aromatic N) is 1. The number of Topliss-reactive ketones (excluding diaryl/α,β-unsaturated/α-hetero) is 1. The molecule has 5 atom stereocenters. The Labute approximate surface area is 179 Å². The summed E-state index contributed by atoms with van der Waals surface area (Å²) in [6, 6.07) is 0. The van der Waals surface area contributed by atoms with Gasteiger partial charge in [0.25, 0.3) is 0 Å². The van der Waals surface area contributed by atoms with E-state index >= 15 is 0 Å². The van der Waals surface area contributed by atoms with Gasteiger partial charge in [-0.1, -0.05) is 26.8 Å². The average molecular weight is 424 g/mol. The number of aliphatic hydroxyl groups is 1. The van der Waals surface area contributed by atoms with Gasteiger partial charge in [-0.05, 0) is 49.8 Å². The third kappa shape index (κ3) is 5.08. The van der Waals surface area contributed by atoms with Crippen molar-refractivity contribution in [2.24, 2.45) is 17.3 Å². The van der Waals surface area contributed by atoms with Gasteiger partial charge in [-0.3, -0.25) is 9.59 Å². The van der Waals surface area contributed by atoms with E-state index in [0.29, 0.717) is 30.8 Å². The standard InChI is InChI=1S/C23H37NO4S/c1-4-24(5-2)11-12-29-15-21(27)28-20-13-16(3)19(26)14-23-9-6-7-17(20)22(23)18(25)8-10-23/h17,19-20,22,26H,3-15H2,1-2H3/t17?,19-,20+,22?,23-/m0/s1. The van der Waals surface area contributed by atoms with Gasteiger partial charge in [0.2, 0.25) is 0 Å². The highest BCUT2D eigenvalue weighted by Gasteiger charge is 2.57. The van der Waals surface area contributed by atoms with Crippen LogP contribution in [0.5, 0.6) is 0 Å². The maximum Gasteiger partial charge on any atom is 0.316 e. The summed E-state index contributed by atoms with van der Waals surface area (Å²) in [4.78, 5) is 27.7. The SMILES string of the molecule is C=C1C[C@@H](OC(=O)CSCCN(CC)CC)C2CCC[C@]3(CCC(=O)C23)C[C@@H]1O. The minimum atomic E-state index is -0.605. The molecule has 6 heteroatoms. The molecule has 5 nitrogen and oxygen atoms in total. The monoisotopic (exact) mass is 423 g/mol. The van der Waals surface area contributed by atoms with Crippen LogP contribution in [0.1, 0.15) is 58.8 Å². The summed E-state index contributed by atoms with van der Waals surface area (Å²) in [5, 5.41) is 10.7. The minimum absolute atomic E-state index is 0.0629. The number of hydrogen-bond donors (Lipinski definition) is 1. The minimum Gasteiger partial charge on any atom is -0.461 e. The lowest BCUT2D eigenvalue weighted by atomic mass is 9.57. The second-order valence-corrected chi connectivity index (χ2v) is 10.2. The highest BCUT2D eigenvalue weighted by Crippen LogP contribution is 2.58. The fourth-order valence-electron chi connectivity index (χ4n) is 5.88. The predicted molar refractivity (Wildman–Crippen MR) is 117 cm³/mol. The fraction of sp³-hybridized carbons (Fsp3) is 0.826. The van der Waals surface area contributed by atoms with E-state index in [1.54, 1.807) is 11.8 Å². The maximum absolute atomic E-state index is 12.8. The molecule has 2 bridgehead atoms. The van der Waals surface area contributed by atoms with Crippen molar-refractivity contribution in [3.8, 4) is 0 Å². The number of ether oxygens (including phenoxy) is 1. The molecule has 2 unspecified atom stereocenters. The van der Waals surface area contributed by atoms with E-state index in [2.05, 4.69) is 25.3 Å². The number of rotatable bonds is 8. The topological polar surface area (TPSA) is 66.8 Å². The van der Waals surface area contributed by atoms with Crippen LogP contribution in [-0.4, -0.2) is 65.1 Å². The van der Waals surface area contributed by atoms with Crippen LogP contribution in [0.4, 0.5) is 0 Å². The van der Waals surface area contributed by atoms with Crippen LogP contribution in [0.2, 0.25) is 0 Å². The molecule has 0 heterocycles. The lowest BCUT2D eigenvalue weighted by Gasteiger charge is -2.48. The Hall–Kier alpha value is -0.850. The van der Waals surface area contributed by atoms with Crippen molar-refractivity contribution >= 4 is 23.5 Å². The van der Waals surface area contributed by atoms with Crippen LogP contribution in [0.15, 0.2) is 12.2 Å². The Morgan fingerprint density at radius 2 is 2.10 bits per heavy atom. The van der Waals surface area contributed by atoms with Crippen LogP contribution in [-0.2, 0) is 14.3 Å². The largest absolute Gasteiger partial charge is 0.461 e. The quantitative estimate of drug-likeness (QED) is 0.366. The molecule has 0 spiro atoms. The lowest BCUT2D eigenvalue weighted by molar-refractivity contribution is -0.156. The molecule has 3 saturated carbocycles. The summed E-state index contributed by atoms with van der Waals surface area (Å²) < 4.78 is 5.95.